The van der Waals surface area contributed by atoms with Crippen LogP contribution >= 0.6 is 11.3 Å². The Morgan fingerprint density at radius 3 is 2.87 bits per heavy atom. The zero-order valence-electron chi connectivity index (χ0n) is 8.86. The number of nitrogens with zero attached hydrogens (tertiary/aromatic N) is 1. The lowest BCUT2D eigenvalue weighted by Gasteiger charge is -2.07. The van der Waals surface area contributed by atoms with Crippen LogP contribution < -0.4 is 4.74 Å². The Balaban J connectivity index is 2.33. The Bertz CT molecular complexity index is 437. The van der Waals surface area contributed by atoms with Crippen LogP contribution in [0.5, 0.6) is 5.75 Å². The average molecular weight is 219 g/mol. The standard InChI is InChI=1S/C12H13NOS/c1-3-14-11-5-4-10(8-9(11)2)12-13-6-7-15-12/h4-8H,3H2,1-2H3. The highest BCUT2D eigenvalue weighted by Gasteiger charge is 2.04. The second-order valence-electron chi connectivity index (χ2n) is 3.25. The van der Waals surface area contributed by atoms with Gasteiger partial charge in [0.05, 0.1) is 6.61 Å². The highest BCUT2D eigenvalue weighted by Crippen LogP contribution is 2.27. The van der Waals surface area contributed by atoms with Crippen molar-refractivity contribution in [1.82, 2.24) is 4.98 Å². The van der Waals surface area contributed by atoms with E-state index >= 15 is 0 Å². The maximum absolute atomic E-state index is 5.49. The van der Waals surface area contributed by atoms with E-state index in [1.165, 1.54) is 0 Å². The number of aryl methyl sites for hydroxylation is 1. The van der Waals surface area contributed by atoms with Crippen LogP contribution in [0.2, 0.25) is 0 Å². The molecule has 0 N–H and O–H groups in total. The van der Waals surface area contributed by atoms with Crippen molar-refractivity contribution >= 4 is 11.3 Å². The molecule has 0 unspecified atom stereocenters. The third-order valence-corrected chi connectivity index (χ3v) is 2.98. The lowest BCUT2D eigenvalue weighted by molar-refractivity contribution is 0.338. The molecule has 0 bridgehead atoms. The molecule has 3 heteroatoms. The predicted molar refractivity (Wildman–Crippen MR) is 63.5 cm³/mol. The topological polar surface area (TPSA) is 22.1 Å². The molecule has 0 saturated heterocycles. The van der Waals surface area contributed by atoms with Gasteiger partial charge in [0.2, 0.25) is 0 Å². The van der Waals surface area contributed by atoms with Gasteiger partial charge in [0.15, 0.2) is 0 Å². The predicted octanol–water partition coefficient (Wildman–Crippen LogP) is 3.52. The van der Waals surface area contributed by atoms with Gasteiger partial charge in [-0.2, -0.15) is 0 Å². The van der Waals surface area contributed by atoms with Crippen LogP contribution in [-0.2, 0) is 0 Å². The fourth-order valence-electron chi connectivity index (χ4n) is 1.47. The molecule has 0 aliphatic heterocycles. The molecule has 0 amide bonds. The molecule has 2 nitrogen and oxygen atoms in total. The number of rotatable bonds is 3. The van der Waals surface area contributed by atoms with Crippen LogP contribution in [0, 0.1) is 6.92 Å². The zero-order chi connectivity index (χ0) is 10.7. The van der Waals surface area contributed by atoms with E-state index in [0.29, 0.717) is 6.61 Å². The summed E-state index contributed by atoms with van der Waals surface area (Å²) in [5.74, 6) is 0.956. The van der Waals surface area contributed by atoms with E-state index in [1.54, 1.807) is 11.3 Å². The summed E-state index contributed by atoms with van der Waals surface area (Å²) < 4.78 is 5.49. The lowest BCUT2D eigenvalue weighted by Crippen LogP contribution is -1.93. The summed E-state index contributed by atoms with van der Waals surface area (Å²) in [6.07, 6.45) is 1.83. The molecule has 0 fully saturated rings. The Morgan fingerprint density at radius 1 is 1.40 bits per heavy atom. The minimum Gasteiger partial charge on any atom is -0.494 e. The quantitative estimate of drug-likeness (QED) is 0.788. The second-order valence-corrected chi connectivity index (χ2v) is 4.15. The van der Waals surface area contributed by atoms with Gasteiger partial charge in [-0.1, -0.05) is 0 Å². The molecule has 1 aromatic heterocycles. The van der Waals surface area contributed by atoms with Crippen molar-refractivity contribution < 1.29 is 4.74 Å². The molecule has 0 aliphatic rings. The number of thiazole rings is 1. The fraction of sp³-hybridized carbons (Fsp3) is 0.250. The normalized spacial score (nSPS) is 10.3. The van der Waals surface area contributed by atoms with Crippen molar-refractivity contribution in [2.75, 3.05) is 6.61 Å². The molecule has 0 spiro atoms. The third-order valence-electron chi connectivity index (χ3n) is 2.15. The fourth-order valence-corrected chi connectivity index (χ4v) is 2.10. The number of benzene rings is 1. The summed E-state index contributed by atoms with van der Waals surface area (Å²) >= 11 is 1.65. The van der Waals surface area contributed by atoms with Crippen molar-refractivity contribution in [3.63, 3.8) is 0 Å². The maximum Gasteiger partial charge on any atom is 0.123 e. The van der Waals surface area contributed by atoms with Gasteiger partial charge < -0.3 is 4.74 Å². The van der Waals surface area contributed by atoms with Gasteiger partial charge in [-0.3, -0.25) is 0 Å². The Labute approximate surface area is 93.6 Å². The second kappa shape index (κ2) is 4.45. The van der Waals surface area contributed by atoms with Gasteiger partial charge in [-0.25, -0.2) is 4.98 Å². The molecule has 1 aromatic carbocycles. The molecular formula is C12H13NOS. The summed E-state index contributed by atoms with van der Waals surface area (Å²) in [5.41, 5.74) is 2.32. The smallest absolute Gasteiger partial charge is 0.123 e. The summed E-state index contributed by atoms with van der Waals surface area (Å²) in [6, 6.07) is 6.18. The number of aromatic nitrogens is 1. The minimum atomic E-state index is 0.706. The number of hydrogen-bond donors (Lipinski definition) is 0. The highest BCUT2D eigenvalue weighted by atomic mass is 32.1. The summed E-state index contributed by atoms with van der Waals surface area (Å²) in [7, 11) is 0. The van der Waals surface area contributed by atoms with Crippen LogP contribution in [0.3, 0.4) is 0 Å². The van der Waals surface area contributed by atoms with Crippen LogP contribution in [-0.4, -0.2) is 11.6 Å². The zero-order valence-corrected chi connectivity index (χ0v) is 9.67. The first-order valence-corrected chi connectivity index (χ1v) is 5.82. The van der Waals surface area contributed by atoms with Crippen molar-refractivity contribution in [2.24, 2.45) is 0 Å². The minimum absolute atomic E-state index is 0.706. The van der Waals surface area contributed by atoms with Crippen molar-refractivity contribution in [3.8, 4) is 16.3 Å². The summed E-state index contributed by atoms with van der Waals surface area (Å²) in [5, 5.41) is 3.04. The lowest BCUT2D eigenvalue weighted by atomic mass is 10.1. The molecule has 78 valence electrons. The van der Waals surface area contributed by atoms with Crippen molar-refractivity contribution in [1.29, 1.82) is 0 Å². The van der Waals surface area contributed by atoms with Gasteiger partial charge in [-0.05, 0) is 37.6 Å². The SMILES string of the molecule is CCOc1ccc(-c2nccs2)cc1C. The van der Waals surface area contributed by atoms with Crippen molar-refractivity contribution in [2.45, 2.75) is 13.8 Å². The molecule has 0 atom stereocenters. The maximum atomic E-state index is 5.49. The Hall–Kier alpha value is -1.35. The van der Waals surface area contributed by atoms with E-state index in [9.17, 15) is 0 Å². The van der Waals surface area contributed by atoms with Crippen LogP contribution in [0.25, 0.3) is 10.6 Å². The third kappa shape index (κ3) is 2.18. The van der Waals surface area contributed by atoms with Gasteiger partial charge in [0.25, 0.3) is 0 Å². The van der Waals surface area contributed by atoms with Gasteiger partial charge in [-0.15, -0.1) is 11.3 Å². The molecule has 2 aromatic rings. The van der Waals surface area contributed by atoms with E-state index in [4.69, 9.17) is 4.74 Å². The van der Waals surface area contributed by atoms with Crippen LogP contribution in [0.4, 0.5) is 0 Å². The first-order valence-electron chi connectivity index (χ1n) is 4.94. The largest absolute Gasteiger partial charge is 0.494 e. The van der Waals surface area contributed by atoms with E-state index in [-0.39, 0.29) is 0 Å². The van der Waals surface area contributed by atoms with Crippen LogP contribution in [0.1, 0.15) is 12.5 Å². The molecule has 0 radical (unpaired) electrons. The first kappa shape index (κ1) is 10.2. The molecule has 0 saturated carbocycles. The van der Waals surface area contributed by atoms with Gasteiger partial charge >= 0.3 is 0 Å². The van der Waals surface area contributed by atoms with E-state index in [2.05, 4.69) is 24.0 Å². The van der Waals surface area contributed by atoms with Gasteiger partial charge in [0.1, 0.15) is 10.8 Å². The summed E-state index contributed by atoms with van der Waals surface area (Å²) in [6.45, 7) is 4.76. The number of ether oxygens (including phenoxy) is 1. The first-order chi connectivity index (χ1) is 7.31. The summed E-state index contributed by atoms with van der Waals surface area (Å²) in [4.78, 5) is 4.28. The van der Waals surface area contributed by atoms with Gasteiger partial charge in [0, 0.05) is 17.1 Å². The Kier molecular flexibility index (Phi) is 3.02. The molecule has 1 heterocycles. The number of hydrogen-bond acceptors (Lipinski definition) is 3. The average Bonchev–Trinajstić information content (AvgIpc) is 2.74. The molecular weight excluding hydrogens is 206 g/mol. The van der Waals surface area contributed by atoms with Crippen LogP contribution in [0.15, 0.2) is 29.8 Å². The van der Waals surface area contributed by atoms with Crippen molar-refractivity contribution in [3.05, 3.63) is 35.3 Å². The monoisotopic (exact) mass is 219 g/mol. The molecule has 0 aliphatic carbocycles. The van der Waals surface area contributed by atoms with E-state index in [0.717, 1.165) is 21.9 Å². The van der Waals surface area contributed by atoms with E-state index in [1.807, 2.05) is 24.6 Å². The molecule has 2 rings (SSSR count). The van der Waals surface area contributed by atoms with E-state index < -0.39 is 0 Å². The highest BCUT2D eigenvalue weighted by molar-refractivity contribution is 7.13. The molecule has 15 heavy (non-hydrogen) atoms. The Morgan fingerprint density at radius 2 is 2.27 bits per heavy atom.